The van der Waals surface area contributed by atoms with Crippen LogP contribution in [0.5, 0.6) is 0 Å². The van der Waals surface area contributed by atoms with Gasteiger partial charge in [0.1, 0.15) is 0 Å². The predicted molar refractivity (Wildman–Crippen MR) is 86.4 cm³/mol. The fourth-order valence-electron chi connectivity index (χ4n) is 2.89. The molecule has 0 aromatic heterocycles. The standard InChI is InChI=1S/C16H33N3O2/c1-5-8-16(4,12-20)18-15(21)17-11-14(3)19-9-6-13(2)7-10-19/h13-14,20H,5-12H2,1-4H3,(H2,17,18,21). The van der Waals surface area contributed by atoms with E-state index in [2.05, 4.69) is 29.4 Å². The average Bonchev–Trinajstić information content (AvgIpc) is 2.45. The Labute approximate surface area is 129 Å². The smallest absolute Gasteiger partial charge is 0.315 e. The molecule has 0 aromatic rings. The second-order valence-electron chi connectivity index (χ2n) is 6.87. The second kappa shape index (κ2) is 8.59. The Balaban J connectivity index is 2.31. The summed E-state index contributed by atoms with van der Waals surface area (Å²) in [5.41, 5.74) is -0.525. The fraction of sp³-hybridized carbons (Fsp3) is 0.938. The summed E-state index contributed by atoms with van der Waals surface area (Å²) in [5.74, 6) is 0.823. The zero-order valence-electron chi connectivity index (χ0n) is 14.1. The van der Waals surface area contributed by atoms with Gasteiger partial charge < -0.3 is 15.7 Å². The van der Waals surface area contributed by atoms with Crippen LogP contribution in [-0.2, 0) is 0 Å². The summed E-state index contributed by atoms with van der Waals surface area (Å²) in [5, 5.41) is 15.2. The summed E-state index contributed by atoms with van der Waals surface area (Å²) in [6, 6.07) is 0.173. The molecule has 2 atom stereocenters. The molecule has 3 N–H and O–H groups in total. The maximum Gasteiger partial charge on any atom is 0.315 e. The monoisotopic (exact) mass is 299 g/mol. The van der Waals surface area contributed by atoms with Crippen LogP contribution in [0.2, 0.25) is 0 Å². The Morgan fingerprint density at radius 1 is 1.43 bits per heavy atom. The van der Waals surface area contributed by atoms with Gasteiger partial charge in [-0.15, -0.1) is 0 Å². The van der Waals surface area contributed by atoms with E-state index in [9.17, 15) is 9.90 Å². The Bertz CT molecular complexity index is 317. The number of nitrogens with one attached hydrogen (secondary N) is 2. The Morgan fingerprint density at radius 2 is 2.05 bits per heavy atom. The minimum absolute atomic E-state index is 0.0339. The number of urea groups is 1. The Morgan fingerprint density at radius 3 is 2.57 bits per heavy atom. The van der Waals surface area contributed by atoms with E-state index in [0.717, 1.165) is 31.8 Å². The number of piperidine rings is 1. The highest BCUT2D eigenvalue weighted by Crippen LogP contribution is 2.17. The molecule has 0 aliphatic carbocycles. The van der Waals surface area contributed by atoms with Gasteiger partial charge in [-0.2, -0.15) is 0 Å². The predicted octanol–water partition coefficient (Wildman–Crippen LogP) is 1.96. The quantitative estimate of drug-likeness (QED) is 0.673. The molecule has 2 unspecified atom stereocenters. The molecule has 1 saturated heterocycles. The highest BCUT2D eigenvalue weighted by atomic mass is 16.3. The summed E-state index contributed by atoms with van der Waals surface area (Å²) < 4.78 is 0. The van der Waals surface area contributed by atoms with Crippen molar-refractivity contribution < 1.29 is 9.90 Å². The number of amides is 2. The molecular formula is C16H33N3O2. The number of aliphatic hydroxyl groups excluding tert-OH is 1. The van der Waals surface area contributed by atoms with Crippen molar-refractivity contribution in [3.05, 3.63) is 0 Å². The molecule has 0 bridgehead atoms. The van der Waals surface area contributed by atoms with Gasteiger partial charge >= 0.3 is 6.03 Å². The molecule has 1 heterocycles. The minimum Gasteiger partial charge on any atom is -0.394 e. The third kappa shape index (κ3) is 6.22. The van der Waals surface area contributed by atoms with Crippen LogP contribution in [0.1, 0.15) is 53.4 Å². The van der Waals surface area contributed by atoms with Gasteiger partial charge in [-0.3, -0.25) is 4.90 Å². The van der Waals surface area contributed by atoms with Crippen LogP contribution in [0.3, 0.4) is 0 Å². The molecule has 0 aromatic carbocycles. The highest BCUT2D eigenvalue weighted by Gasteiger charge is 2.25. The van der Waals surface area contributed by atoms with Gasteiger partial charge in [0.15, 0.2) is 0 Å². The van der Waals surface area contributed by atoms with Gasteiger partial charge in [-0.1, -0.05) is 20.3 Å². The third-order valence-electron chi connectivity index (χ3n) is 4.57. The van der Waals surface area contributed by atoms with E-state index in [0.29, 0.717) is 12.6 Å². The molecule has 0 saturated carbocycles. The molecule has 1 fully saturated rings. The van der Waals surface area contributed by atoms with Gasteiger partial charge in [0.25, 0.3) is 0 Å². The van der Waals surface area contributed by atoms with Crippen molar-refractivity contribution in [3.8, 4) is 0 Å². The van der Waals surface area contributed by atoms with Crippen LogP contribution in [0.25, 0.3) is 0 Å². The fourth-order valence-corrected chi connectivity index (χ4v) is 2.89. The van der Waals surface area contributed by atoms with Crippen LogP contribution >= 0.6 is 0 Å². The zero-order valence-corrected chi connectivity index (χ0v) is 14.1. The van der Waals surface area contributed by atoms with Gasteiger partial charge in [0, 0.05) is 12.6 Å². The van der Waals surface area contributed by atoms with E-state index in [1.165, 1.54) is 12.8 Å². The SMILES string of the molecule is CCCC(C)(CO)NC(=O)NCC(C)N1CCC(C)CC1. The highest BCUT2D eigenvalue weighted by molar-refractivity contribution is 5.74. The maximum absolute atomic E-state index is 12.0. The number of hydrogen-bond acceptors (Lipinski definition) is 3. The molecular weight excluding hydrogens is 266 g/mol. The number of likely N-dealkylation sites (tertiary alicyclic amines) is 1. The molecule has 21 heavy (non-hydrogen) atoms. The van der Waals surface area contributed by atoms with Crippen LogP contribution in [0.4, 0.5) is 4.79 Å². The first kappa shape index (κ1) is 18.2. The van der Waals surface area contributed by atoms with Gasteiger partial charge in [-0.25, -0.2) is 4.79 Å². The summed E-state index contributed by atoms with van der Waals surface area (Å²) >= 11 is 0. The number of aliphatic hydroxyl groups is 1. The number of carbonyl (C=O) groups is 1. The van der Waals surface area contributed by atoms with E-state index in [-0.39, 0.29) is 12.6 Å². The molecule has 1 rings (SSSR count). The summed E-state index contributed by atoms with van der Waals surface area (Å²) in [6.07, 6.45) is 4.20. The van der Waals surface area contributed by atoms with Crippen molar-refractivity contribution in [1.82, 2.24) is 15.5 Å². The lowest BCUT2D eigenvalue weighted by Gasteiger charge is -2.35. The van der Waals surface area contributed by atoms with Gasteiger partial charge in [-0.05, 0) is 52.1 Å². The Kier molecular flexibility index (Phi) is 7.46. The molecule has 124 valence electrons. The second-order valence-corrected chi connectivity index (χ2v) is 6.87. The van der Waals surface area contributed by atoms with E-state index >= 15 is 0 Å². The molecule has 5 heteroatoms. The van der Waals surface area contributed by atoms with Crippen LogP contribution in [-0.4, -0.2) is 53.9 Å². The lowest BCUT2D eigenvalue weighted by atomic mass is 9.97. The third-order valence-corrected chi connectivity index (χ3v) is 4.57. The van der Waals surface area contributed by atoms with Crippen LogP contribution in [0, 0.1) is 5.92 Å². The lowest BCUT2D eigenvalue weighted by molar-refractivity contribution is 0.141. The van der Waals surface area contributed by atoms with Gasteiger partial charge in [0.05, 0.1) is 12.1 Å². The Hall–Kier alpha value is -0.810. The van der Waals surface area contributed by atoms with Crippen molar-refractivity contribution in [2.45, 2.75) is 65.0 Å². The van der Waals surface area contributed by atoms with Crippen molar-refractivity contribution in [2.75, 3.05) is 26.2 Å². The first-order valence-corrected chi connectivity index (χ1v) is 8.31. The van der Waals surface area contributed by atoms with Crippen molar-refractivity contribution in [2.24, 2.45) is 5.92 Å². The number of hydrogen-bond donors (Lipinski definition) is 3. The van der Waals surface area contributed by atoms with Gasteiger partial charge in [0.2, 0.25) is 0 Å². The topological polar surface area (TPSA) is 64.6 Å². The van der Waals surface area contributed by atoms with Crippen LogP contribution < -0.4 is 10.6 Å². The van der Waals surface area contributed by atoms with E-state index in [1.54, 1.807) is 0 Å². The van der Waals surface area contributed by atoms with E-state index in [1.807, 2.05) is 13.8 Å². The molecule has 1 aliphatic rings. The molecule has 0 spiro atoms. The first-order chi connectivity index (χ1) is 9.90. The molecule has 2 amide bonds. The minimum atomic E-state index is -0.525. The largest absolute Gasteiger partial charge is 0.394 e. The molecule has 5 nitrogen and oxygen atoms in total. The maximum atomic E-state index is 12.0. The van der Waals surface area contributed by atoms with Crippen molar-refractivity contribution in [1.29, 1.82) is 0 Å². The normalized spacial score (nSPS) is 21.6. The average molecular weight is 299 g/mol. The van der Waals surface area contributed by atoms with E-state index in [4.69, 9.17) is 0 Å². The zero-order chi connectivity index (χ0) is 15.9. The van der Waals surface area contributed by atoms with Crippen LogP contribution in [0.15, 0.2) is 0 Å². The summed E-state index contributed by atoms with van der Waals surface area (Å²) in [6.45, 7) is 11.2. The number of nitrogens with zero attached hydrogens (tertiary/aromatic N) is 1. The summed E-state index contributed by atoms with van der Waals surface area (Å²) in [4.78, 5) is 14.4. The van der Waals surface area contributed by atoms with Crippen molar-refractivity contribution in [3.63, 3.8) is 0 Å². The number of carbonyl (C=O) groups excluding carboxylic acids is 1. The number of rotatable bonds is 7. The molecule has 0 radical (unpaired) electrons. The lowest BCUT2D eigenvalue weighted by Crippen LogP contribution is -2.54. The molecule has 1 aliphatic heterocycles. The van der Waals surface area contributed by atoms with E-state index < -0.39 is 5.54 Å². The first-order valence-electron chi connectivity index (χ1n) is 8.31. The summed E-state index contributed by atoms with van der Waals surface area (Å²) in [7, 11) is 0. The van der Waals surface area contributed by atoms with Crippen molar-refractivity contribution >= 4 is 6.03 Å².